The summed E-state index contributed by atoms with van der Waals surface area (Å²) in [6, 6.07) is 23.8. The molecular formula is C18H14BrNO. The first-order valence-electron chi connectivity index (χ1n) is 6.62. The molecule has 3 aromatic carbocycles. The van der Waals surface area contributed by atoms with Crippen LogP contribution >= 0.6 is 15.9 Å². The van der Waals surface area contributed by atoms with Crippen LogP contribution in [0.4, 0.5) is 5.69 Å². The van der Waals surface area contributed by atoms with Gasteiger partial charge < -0.3 is 10.5 Å². The summed E-state index contributed by atoms with van der Waals surface area (Å²) in [6.45, 7) is 0. The Morgan fingerprint density at radius 1 is 0.714 bits per heavy atom. The fraction of sp³-hybridized carbons (Fsp3) is 0. The zero-order valence-electron chi connectivity index (χ0n) is 11.3. The first-order chi connectivity index (χ1) is 10.3. The van der Waals surface area contributed by atoms with Gasteiger partial charge >= 0.3 is 0 Å². The zero-order valence-corrected chi connectivity index (χ0v) is 12.9. The summed E-state index contributed by atoms with van der Waals surface area (Å²) in [5.74, 6) is 1.43. The zero-order chi connectivity index (χ0) is 14.7. The van der Waals surface area contributed by atoms with E-state index >= 15 is 0 Å². The van der Waals surface area contributed by atoms with Gasteiger partial charge in [0, 0.05) is 10.0 Å². The highest BCUT2D eigenvalue weighted by atomic mass is 79.9. The fourth-order valence-electron chi connectivity index (χ4n) is 2.14. The molecule has 0 saturated heterocycles. The minimum Gasteiger partial charge on any atom is -0.455 e. The predicted octanol–water partition coefficient (Wildman–Crippen LogP) is 5.49. The molecule has 104 valence electrons. The Morgan fingerprint density at radius 3 is 2.19 bits per heavy atom. The van der Waals surface area contributed by atoms with E-state index in [2.05, 4.69) is 28.1 Å². The van der Waals surface area contributed by atoms with Crippen molar-refractivity contribution < 1.29 is 4.74 Å². The SMILES string of the molecule is Nc1c(Br)cccc1Oc1ccccc1-c1ccccc1. The maximum Gasteiger partial charge on any atom is 0.151 e. The van der Waals surface area contributed by atoms with E-state index in [-0.39, 0.29) is 0 Å². The lowest BCUT2D eigenvalue weighted by molar-refractivity contribution is 0.486. The number of ether oxygens (including phenoxy) is 1. The summed E-state index contributed by atoms with van der Waals surface area (Å²) in [7, 11) is 0. The van der Waals surface area contributed by atoms with E-state index < -0.39 is 0 Å². The van der Waals surface area contributed by atoms with E-state index in [0.29, 0.717) is 11.4 Å². The van der Waals surface area contributed by atoms with Crippen molar-refractivity contribution in [1.29, 1.82) is 0 Å². The van der Waals surface area contributed by atoms with Crippen LogP contribution in [0.15, 0.2) is 77.3 Å². The summed E-state index contributed by atoms with van der Waals surface area (Å²) in [5.41, 5.74) is 8.80. The van der Waals surface area contributed by atoms with Crippen molar-refractivity contribution in [3.8, 4) is 22.6 Å². The Bertz CT molecular complexity index is 756. The monoisotopic (exact) mass is 339 g/mol. The van der Waals surface area contributed by atoms with Crippen molar-refractivity contribution in [1.82, 2.24) is 0 Å². The van der Waals surface area contributed by atoms with Gasteiger partial charge in [0.05, 0.1) is 5.69 Å². The van der Waals surface area contributed by atoms with Crippen LogP contribution < -0.4 is 10.5 Å². The number of halogens is 1. The molecule has 2 N–H and O–H groups in total. The number of nitrogen functional groups attached to an aromatic ring is 1. The Balaban J connectivity index is 2.02. The van der Waals surface area contributed by atoms with Crippen molar-refractivity contribution in [3.05, 3.63) is 77.3 Å². The van der Waals surface area contributed by atoms with Crippen molar-refractivity contribution >= 4 is 21.6 Å². The van der Waals surface area contributed by atoms with Gasteiger partial charge in [0.2, 0.25) is 0 Å². The maximum atomic E-state index is 6.05. The van der Waals surface area contributed by atoms with Crippen molar-refractivity contribution in [2.24, 2.45) is 0 Å². The number of nitrogens with two attached hydrogens (primary N) is 1. The first kappa shape index (κ1) is 13.7. The van der Waals surface area contributed by atoms with Gasteiger partial charge in [-0.15, -0.1) is 0 Å². The molecular weight excluding hydrogens is 326 g/mol. The molecule has 0 heterocycles. The van der Waals surface area contributed by atoms with Gasteiger partial charge in [-0.2, -0.15) is 0 Å². The van der Waals surface area contributed by atoms with Gasteiger partial charge in [0.1, 0.15) is 5.75 Å². The van der Waals surface area contributed by atoms with Crippen LogP contribution in [-0.4, -0.2) is 0 Å². The van der Waals surface area contributed by atoms with E-state index in [9.17, 15) is 0 Å². The highest BCUT2D eigenvalue weighted by Crippen LogP contribution is 2.37. The van der Waals surface area contributed by atoms with Gasteiger partial charge in [-0.05, 0) is 39.7 Å². The Morgan fingerprint density at radius 2 is 1.38 bits per heavy atom. The summed E-state index contributed by atoms with van der Waals surface area (Å²) >= 11 is 3.42. The Labute approximate surface area is 132 Å². The van der Waals surface area contributed by atoms with E-state index in [1.54, 1.807) is 0 Å². The van der Waals surface area contributed by atoms with Crippen LogP contribution in [0.2, 0.25) is 0 Å². The molecule has 0 saturated carbocycles. The van der Waals surface area contributed by atoms with Gasteiger partial charge in [-0.1, -0.05) is 54.6 Å². The maximum absolute atomic E-state index is 6.05. The lowest BCUT2D eigenvalue weighted by Crippen LogP contribution is -1.94. The predicted molar refractivity (Wildman–Crippen MR) is 90.5 cm³/mol. The van der Waals surface area contributed by atoms with Crippen LogP contribution in [0, 0.1) is 0 Å². The molecule has 3 aromatic rings. The third-order valence-electron chi connectivity index (χ3n) is 3.20. The standard InChI is InChI=1S/C18H14BrNO/c19-15-10-6-12-17(18(15)20)21-16-11-5-4-9-14(16)13-7-2-1-3-8-13/h1-12H,20H2. The molecule has 3 rings (SSSR count). The number of rotatable bonds is 3. The summed E-state index contributed by atoms with van der Waals surface area (Å²) in [5, 5.41) is 0. The Hall–Kier alpha value is -2.26. The summed E-state index contributed by atoms with van der Waals surface area (Å²) in [6.07, 6.45) is 0. The molecule has 0 atom stereocenters. The topological polar surface area (TPSA) is 35.2 Å². The van der Waals surface area contributed by atoms with E-state index in [1.165, 1.54) is 0 Å². The van der Waals surface area contributed by atoms with Crippen LogP contribution in [0.25, 0.3) is 11.1 Å². The highest BCUT2D eigenvalue weighted by molar-refractivity contribution is 9.10. The molecule has 0 aliphatic carbocycles. The van der Waals surface area contributed by atoms with Crippen LogP contribution in [0.1, 0.15) is 0 Å². The van der Waals surface area contributed by atoms with Crippen LogP contribution in [0.5, 0.6) is 11.5 Å². The van der Waals surface area contributed by atoms with E-state index in [4.69, 9.17) is 10.5 Å². The minimum absolute atomic E-state index is 0.598. The van der Waals surface area contributed by atoms with Crippen LogP contribution in [0.3, 0.4) is 0 Å². The lowest BCUT2D eigenvalue weighted by atomic mass is 10.0. The smallest absolute Gasteiger partial charge is 0.151 e. The second-order valence-corrected chi connectivity index (χ2v) is 5.47. The minimum atomic E-state index is 0.598. The largest absolute Gasteiger partial charge is 0.455 e. The fourth-order valence-corrected chi connectivity index (χ4v) is 2.48. The molecule has 2 nitrogen and oxygen atoms in total. The van der Waals surface area contributed by atoms with Gasteiger partial charge in [-0.3, -0.25) is 0 Å². The van der Waals surface area contributed by atoms with Crippen molar-refractivity contribution in [2.45, 2.75) is 0 Å². The van der Waals surface area contributed by atoms with Gasteiger partial charge in [0.25, 0.3) is 0 Å². The molecule has 21 heavy (non-hydrogen) atoms. The molecule has 0 aliphatic heterocycles. The second kappa shape index (κ2) is 6.02. The van der Waals surface area contributed by atoms with E-state index in [1.807, 2.05) is 60.7 Å². The van der Waals surface area contributed by atoms with Gasteiger partial charge in [-0.25, -0.2) is 0 Å². The third kappa shape index (κ3) is 2.93. The molecule has 0 radical (unpaired) electrons. The molecule has 0 aliphatic rings. The van der Waals surface area contributed by atoms with Crippen molar-refractivity contribution in [3.63, 3.8) is 0 Å². The lowest BCUT2D eigenvalue weighted by Gasteiger charge is -2.13. The number of para-hydroxylation sites is 2. The number of anilines is 1. The van der Waals surface area contributed by atoms with Gasteiger partial charge in [0.15, 0.2) is 5.75 Å². The summed E-state index contributed by atoms with van der Waals surface area (Å²) in [4.78, 5) is 0. The molecule has 0 bridgehead atoms. The number of hydrogen-bond acceptors (Lipinski definition) is 2. The molecule has 0 fully saturated rings. The Kier molecular flexibility index (Phi) is 3.93. The molecule has 0 amide bonds. The highest BCUT2D eigenvalue weighted by Gasteiger charge is 2.09. The van der Waals surface area contributed by atoms with Crippen LogP contribution in [-0.2, 0) is 0 Å². The summed E-state index contributed by atoms with van der Waals surface area (Å²) < 4.78 is 6.85. The molecule has 0 aromatic heterocycles. The quantitative estimate of drug-likeness (QED) is 0.640. The second-order valence-electron chi connectivity index (χ2n) is 4.62. The molecule has 0 unspecified atom stereocenters. The molecule has 3 heteroatoms. The third-order valence-corrected chi connectivity index (χ3v) is 3.90. The average molecular weight is 340 g/mol. The first-order valence-corrected chi connectivity index (χ1v) is 7.41. The number of hydrogen-bond donors (Lipinski definition) is 1. The number of benzene rings is 3. The normalized spacial score (nSPS) is 10.3. The molecule has 0 spiro atoms. The van der Waals surface area contributed by atoms with E-state index in [0.717, 1.165) is 21.3 Å². The average Bonchev–Trinajstić information content (AvgIpc) is 2.53. The van der Waals surface area contributed by atoms with Crippen molar-refractivity contribution in [2.75, 3.05) is 5.73 Å².